The first-order valence-electron chi connectivity index (χ1n) is 6.28. The van der Waals surface area contributed by atoms with E-state index in [0.29, 0.717) is 9.63 Å². The maximum Gasteiger partial charge on any atom is 0.234 e. The molecular weight excluding hydrogens is 359 g/mol. The number of aryl methyl sites for hydroxylation is 1. The molecule has 0 aliphatic carbocycles. The molecule has 0 bridgehead atoms. The summed E-state index contributed by atoms with van der Waals surface area (Å²) in [6.45, 7) is 4.58. The normalized spacial score (nSPS) is 10.7. The molecule has 2 aromatic rings. The van der Waals surface area contributed by atoms with E-state index in [1.165, 1.54) is 23.9 Å². The molecular formula is C13H14BrFN4OS. The Labute approximate surface area is 134 Å². The van der Waals surface area contributed by atoms with Crippen molar-refractivity contribution < 1.29 is 9.18 Å². The fourth-order valence-corrected chi connectivity index (χ4v) is 2.92. The van der Waals surface area contributed by atoms with Gasteiger partial charge in [-0.3, -0.25) is 4.79 Å². The highest BCUT2D eigenvalue weighted by Gasteiger charge is 2.12. The smallest absolute Gasteiger partial charge is 0.234 e. The number of nitrogens with zero attached hydrogens (tertiary/aromatic N) is 3. The zero-order valence-electron chi connectivity index (χ0n) is 11.6. The van der Waals surface area contributed by atoms with Gasteiger partial charge in [-0.05, 0) is 32.0 Å². The van der Waals surface area contributed by atoms with Crippen molar-refractivity contribution in [1.82, 2.24) is 14.8 Å². The summed E-state index contributed by atoms with van der Waals surface area (Å²) in [5.41, 5.74) is 0.164. The maximum absolute atomic E-state index is 13.6. The van der Waals surface area contributed by atoms with E-state index < -0.39 is 5.82 Å². The lowest BCUT2D eigenvalue weighted by Gasteiger charge is -2.07. The van der Waals surface area contributed by atoms with E-state index in [2.05, 4.69) is 31.4 Å². The van der Waals surface area contributed by atoms with E-state index in [-0.39, 0.29) is 17.3 Å². The lowest BCUT2D eigenvalue weighted by Crippen LogP contribution is -2.15. The first-order chi connectivity index (χ1) is 10.0. The van der Waals surface area contributed by atoms with Gasteiger partial charge in [-0.25, -0.2) is 4.39 Å². The van der Waals surface area contributed by atoms with Gasteiger partial charge >= 0.3 is 0 Å². The van der Waals surface area contributed by atoms with E-state index in [9.17, 15) is 9.18 Å². The van der Waals surface area contributed by atoms with Gasteiger partial charge in [0.25, 0.3) is 0 Å². The molecule has 0 aliphatic heterocycles. The molecule has 1 N–H and O–H groups in total. The molecule has 0 unspecified atom stereocenters. The number of hydrogen-bond acceptors (Lipinski definition) is 4. The average Bonchev–Trinajstić information content (AvgIpc) is 2.80. The number of anilines is 1. The van der Waals surface area contributed by atoms with Crippen molar-refractivity contribution in [2.24, 2.45) is 0 Å². The van der Waals surface area contributed by atoms with Crippen LogP contribution in [-0.4, -0.2) is 26.4 Å². The van der Waals surface area contributed by atoms with E-state index in [0.717, 1.165) is 12.4 Å². The topological polar surface area (TPSA) is 59.8 Å². The molecule has 112 valence electrons. The Morgan fingerprint density at radius 3 is 2.90 bits per heavy atom. The number of carbonyl (C=O) groups excluding carboxylic acids is 1. The summed E-state index contributed by atoms with van der Waals surface area (Å²) in [7, 11) is 0. The first kappa shape index (κ1) is 16.0. The van der Waals surface area contributed by atoms with E-state index >= 15 is 0 Å². The first-order valence-corrected chi connectivity index (χ1v) is 8.06. The Balaban J connectivity index is 1.96. The number of aromatic nitrogens is 3. The summed E-state index contributed by atoms with van der Waals surface area (Å²) in [5, 5.41) is 11.2. The second kappa shape index (κ2) is 7.04. The van der Waals surface area contributed by atoms with Crippen LogP contribution in [0.25, 0.3) is 0 Å². The van der Waals surface area contributed by atoms with Crippen molar-refractivity contribution in [3.05, 3.63) is 34.3 Å². The van der Waals surface area contributed by atoms with Crippen LogP contribution in [0.2, 0.25) is 0 Å². The fraction of sp³-hybridized carbons (Fsp3) is 0.308. The molecule has 0 aliphatic rings. The van der Waals surface area contributed by atoms with Gasteiger partial charge in [0, 0.05) is 11.0 Å². The molecule has 0 radical (unpaired) electrons. The molecule has 0 saturated carbocycles. The molecule has 1 aromatic carbocycles. The Morgan fingerprint density at radius 2 is 2.24 bits per heavy atom. The van der Waals surface area contributed by atoms with Crippen LogP contribution in [0.3, 0.4) is 0 Å². The molecule has 2 rings (SSSR count). The number of nitrogens with one attached hydrogen (secondary N) is 1. The van der Waals surface area contributed by atoms with Gasteiger partial charge in [0.1, 0.15) is 11.6 Å². The van der Waals surface area contributed by atoms with E-state index in [1.807, 2.05) is 18.4 Å². The SMILES string of the molecule is CCn1c(C)nnc1SCC(=O)Nc1ccc(Br)cc1F. The predicted octanol–water partition coefficient (Wildman–Crippen LogP) is 3.24. The van der Waals surface area contributed by atoms with Crippen molar-refractivity contribution in [1.29, 1.82) is 0 Å². The van der Waals surface area contributed by atoms with Crippen LogP contribution in [0.1, 0.15) is 12.7 Å². The minimum Gasteiger partial charge on any atom is -0.323 e. The third-order valence-corrected chi connectivity index (χ3v) is 4.22. The van der Waals surface area contributed by atoms with Crippen LogP contribution in [0, 0.1) is 12.7 Å². The van der Waals surface area contributed by atoms with Crippen LogP contribution < -0.4 is 5.32 Å². The van der Waals surface area contributed by atoms with E-state index in [1.54, 1.807) is 6.07 Å². The number of halogens is 2. The Hall–Kier alpha value is -1.41. The molecule has 1 aromatic heterocycles. The molecule has 1 heterocycles. The zero-order valence-corrected chi connectivity index (χ0v) is 14.0. The van der Waals surface area contributed by atoms with Gasteiger partial charge in [0.05, 0.1) is 11.4 Å². The molecule has 0 saturated heterocycles. The van der Waals surface area contributed by atoms with Gasteiger partial charge < -0.3 is 9.88 Å². The standard InChI is InChI=1S/C13H14BrFN4OS/c1-3-19-8(2)17-18-13(19)21-7-12(20)16-11-5-4-9(14)6-10(11)15/h4-6H,3,7H2,1-2H3,(H,16,20). The van der Waals surface area contributed by atoms with Crippen LogP contribution in [0.5, 0.6) is 0 Å². The third kappa shape index (κ3) is 4.04. The summed E-state index contributed by atoms with van der Waals surface area (Å²) in [4.78, 5) is 11.9. The molecule has 0 atom stereocenters. The molecule has 8 heteroatoms. The van der Waals surface area contributed by atoms with Gasteiger partial charge in [0.15, 0.2) is 5.16 Å². The number of thioether (sulfide) groups is 1. The number of benzene rings is 1. The van der Waals surface area contributed by atoms with Crippen molar-refractivity contribution in [3.8, 4) is 0 Å². The highest BCUT2D eigenvalue weighted by atomic mass is 79.9. The largest absolute Gasteiger partial charge is 0.323 e. The van der Waals surface area contributed by atoms with Crippen molar-refractivity contribution >= 4 is 39.3 Å². The summed E-state index contributed by atoms with van der Waals surface area (Å²) in [5.74, 6) is 0.187. The Bertz CT molecular complexity index is 662. The van der Waals surface area contributed by atoms with Gasteiger partial charge in [-0.1, -0.05) is 27.7 Å². The number of hydrogen-bond donors (Lipinski definition) is 1. The third-order valence-electron chi connectivity index (χ3n) is 2.76. The van der Waals surface area contributed by atoms with Crippen molar-refractivity contribution in [3.63, 3.8) is 0 Å². The highest BCUT2D eigenvalue weighted by Crippen LogP contribution is 2.21. The van der Waals surface area contributed by atoms with Gasteiger partial charge in [-0.2, -0.15) is 0 Å². The van der Waals surface area contributed by atoms with Crippen LogP contribution in [-0.2, 0) is 11.3 Å². The second-order valence-electron chi connectivity index (χ2n) is 4.24. The second-order valence-corrected chi connectivity index (χ2v) is 6.09. The van der Waals surface area contributed by atoms with Crippen LogP contribution >= 0.6 is 27.7 Å². The predicted molar refractivity (Wildman–Crippen MR) is 83.9 cm³/mol. The molecule has 0 spiro atoms. The summed E-state index contributed by atoms with van der Waals surface area (Å²) >= 11 is 4.44. The zero-order chi connectivity index (χ0) is 15.4. The quantitative estimate of drug-likeness (QED) is 0.818. The molecule has 0 fully saturated rings. The molecule has 5 nitrogen and oxygen atoms in total. The minimum absolute atomic E-state index is 0.146. The van der Waals surface area contributed by atoms with E-state index in [4.69, 9.17) is 0 Å². The Kier molecular flexibility index (Phi) is 5.35. The fourth-order valence-electron chi connectivity index (χ4n) is 1.74. The monoisotopic (exact) mass is 372 g/mol. The number of carbonyl (C=O) groups is 1. The number of amides is 1. The van der Waals surface area contributed by atoms with Gasteiger partial charge in [-0.15, -0.1) is 10.2 Å². The lowest BCUT2D eigenvalue weighted by molar-refractivity contribution is -0.113. The Morgan fingerprint density at radius 1 is 1.48 bits per heavy atom. The molecule has 21 heavy (non-hydrogen) atoms. The summed E-state index contributed by atoms with van der Waals surface area (Å²) in [6.07, 6.45) is 0. The lowest BCUT2D eigenvalue weighted by atomic mass is 10.3. The van der Waals surface area contributed by atoms with Crippen molar-refractivity contribution in [2.75, 3.05) is 11.1 Å². The highest BCUT2D eigenvalue weighted by molar-refractivity contribution is 9.10. The summed E-state index contributed by atoms with van der Waals surface area (Å²) in [6, 6.07) is 4.49. The maximum atomic E-state index is 13.6. The van der Waals surface area contributed by atoms with Crippen LogP contribution in [0.15, 0.2) is 27.8 Å². The van der Waals surface area contributed by atoms with Crippen molar-refractivity contribution in [2.45, 2.75) is 25.5 Å². The molecule has 1 amide bonds. The minimum atomic E-state index is -0.477. The van der Waals surface area contributed by atoms with Crippen LogP contribution in [0.4, 0.5) is 10.1 Å². The summed E-state index contributed by atoms with van der Waals surface area (Å²) < 4.78 is 16.2. The van der Waals surface area contributed by atoms with Gasteiger partial charge in [0.2, 0.25) is 5.91 Å². The average molecular weight is 373 g/mol. The number of rotatable bonds is 5.